The fourth-order valence-corrected chi connectivity index (χ4v) is 3.80. The van der Waals surface area contributed by atoms with Crippen molar-refractivity contribution in [3.8, 4) is 0 Å². The van der Waals surface area contributed by atoms with Crippen LogP contribution in [-0.2, 0) is 4.74 Å². The molecule has 1 saturated carbocycles. The van der Waals surface area contributed by atoms with Gasteiger partial charge in [0.1, 0.15) is 0 Å². The Morgan fingerprint density at radius 2 is 2.35 bits per heavy atom. The molecule has 4 unspecified atom stereocenters. The lowest BCUT2D eigenvalue weighted by molar-refractivity contribution is 0.0520. The second-order valence-corrected chi connectivity index (χ2v) is 6.27. The number of rotatable bonds is 5. The van der Waals surface area contributed by atoms with E-state index in [9.17, 15) is 0 Å². The van der Waals surface area contributed by atoms with Crippen LogP contribution in [0.3, 0.4) is 0 Å². The average Bonchev–Trinajstić information content (AvgIpc) is 2.78. The summed E-state index contributed by atoms with van der Waals surface area (Å²) < 4.78 is 5.60. The molecular formula is C13H26N2OS. The molecule has 0 spiro atoms. The van der Waals surface area contributed by atoms with Crippen LogP contribution in [0.5, 0.6) is 0 Å². The Morgan fingerprint density at radius 1 is 1.47 bits per heavy atom. The van der Waals surface area contributed by atoms with Gasteiger partial charge in [0.2, 0.25) is 0 Å². The van der Waals surface area contributed by atoms with Crippen molar-refractivity contribution in [2.75, 3.05) is 31.8 Å². The van der Waals surface area contributed by atoms with Gasteiger partial charge in [-0.05, 0) is 31.9 Å². The van der Waals surface area contributed by atoms with Crippen molar-refractivity contribution in [3.05, 3.63) is 0 Å². The zero-order chi connectivity index (χ0) is 12.1. The van der Waals surface area contributed by atoms with E-state index in [1.54, 1.807) is 0 Å². The van der Waals surface area contributed by atoms with Gasteiger partial charge in [-0.15, -0.1) is 0 Å². The molecule has 2 rings (SSSR count). The fourth-order valence-electron chi connectivity index (χ4n) is 3.20. The molecule has 1 heterocycles. The van der Waals surface area contributed by atoms with Crippen molar-refractivity contribution in [3.63, 3.8) is 0 Å². The van der Waals surface area contributed by atoms with Crippen LogP contribution in [0, 0.1) is 5.92 Å². The second kappa shape index (κ2) is 6.98. The van der Waals surface area contributed by atoms with Crippen molar-refractivity contribution < 1.29 is 4.74 Å². The summed E-state index contributed by atoms with van der Waals surface area (Å²) in [5.41, 5.74) is 0. The zero-order valence-electron chi connectivity index (χ0n) is 11.1. The monoisotopic (exact) mass is 258 g/mol. The second-order valence-electron chi connectivity index (χ2n) is 5.36. The number of morpholine rings is 1. The normalized spacial score (nSPS) is 36.0. The molecule has 0 aromatic rings. The van der Waals surface area contributed by atoms with E-state index in [0.717, 1.165) is 25.7 Å². The highest BCUT2D eigenvalue weighted by Gasteiger charge is 2.34. The van der Waals surface area contributed by atoms with Crippen molar-refractivity contribution >= 4 is 11.8 Å². The molecule has 1 aliphatic heterocycles. The molecule has 1 aliphatic carbocycles. The molecule has 0 amide bonds. The summed E-state index contributed by atoms with van der Waals surface area (Å²) in [6.45, 7) is 5.11. The van der Waals surface area contributed by atoms with E-state index >= 15 is 0 Å². The smallest absolute Gasteiger partial charge is 0.0623 e. The number of thioether (sulfide) groups is 1. The number of hydrogen-bond acceptors (Lipinski definition) is 4. The first kappa shape index (κ1) is 13.7. The molecule has 0 bridgehead atoms. The first-order valence-corrected chi connectivity index (χ1v) is 8.26. The highest BCUT2D eigenvalue weighted by Crippen LogP contribution is 2.29. The molecule has 0 radical (unpaired) electrons. The summed E-state index contributed by atoms with van der Waals surface area (Å²) in [5.74, 6) is 1.97. The maximum Gasteiger partial charge on any atom is 0.0623 e. The molecule has 1 saturated heterocycles. The number of hydrogen-bond donors (Lipinski definition) is 2. The van der Waals surface area contributed by atoms with Gasteiger partial charge in [-0.3, -0.25) is 0 Å². The van der Waals surface area contributed by atoms with Crippen LogP contribution in [0.4, 0.5) is 0 Å². The minimum atomic E-state index is 0.574. The van der Waals surface area contributed by atoms with Crippen LogP contribution < -0.4 is 10.6 Å². The molecular weight excluding hydrogens is 232 g/mol. The van der Waals surface area contributed by atoms with Crippen LogP contribution in [0.2, 0.25) is 0 Å². The number of ether oxygens (including phenoxy) is 1. The lowest BCUT2D eigenvalue weighted by Crippen LogP contribution is -2.52. The summed E-state index contributed by atoms with van der Waals surface area (Å²) >= 11 is 1.93. The van der Waals surface area contributed by atoms with Crippen LogP contribution >= 0.6 is 11.8 Å². The van der Waals surface area contributed by atoms with Crippen LogP contribution in [0.1, 0.15) is 26.2 Å². The minimum absolute atomic E-state index is 0.574. The largest absolute Gasteiger partial charge is 0.379 e. The van der Waals surface area contributed by atoms with Crippen molar-refractivity contribution in [2.24, 2.45) is 5.92 Å². The first-order valence-electron chi connectivity index (χ1n) is 6.87. The number of nitrogens with one attached hydrogen (secondary N) is 2. The maximum atomic E-state index is 5.60. The molecule has 17 heavy (non-hydrogen) atoms. The van der Waals surface area contributed by atoms with E-state index in [1.807, 2.05) is 11.8 Å². The molecule has 4 heteroatoms. The SMILES string of the molecule is CSCC(C)NC1CCCC1C1COCCN1. The quantitative estimate of drug-likeness (QED) is 0.783. The van der Waals surface area contributed by atoms with E-state index in [2.05, 4.69) is 23.8 Å². The topological polar surface area (TPSA) is 33.3 Å². The van der Waals surface area contributed by atoms with Gasteiger partial charge in [0.15, 0.2) is 0 Å². The van der Waals surface area contributed by atoms with E-state index in [0.29, 0.717) is 18.1 Å². The Kier molecular flexibility index (Phi) is 5.60. The minimum Gasteiger partial charge on any atom is -0.379 e. The van der Waals surface area contributed by atoms with Gasteiger partial charge in [0.05, 0.1) is 13.2 Å². The van der Waals surface area contributed by atoms with Gasteiger partial charge in [0, 0.05) is 30.4 Å². The van der Waals surface area contributed by atoms with Crippen LogP contribution in [-0.4, -0.2) is 49.9 Å². The summed E-state index contributed by atoms with van der Waals surface area (Å²) in [6, 6.07) is 1.89. The van der Waals surface area contributed by atoms with E-state index in [4.69, 9.17) is 4.74 Å². The summed E-state index contributed by atoms with van der Waals surface area (Å²) in [7, 11) is 0. The average molecular weight is 258 g/mol. The predicted octanol–water partition coefficient (Wildman–Crippen LogP) is 1.48. The van der Waals surface area contributed by atoms with Gasteiger partial charge >= 0.3 is 0 Å². The molecule has 2 fully saturated rings. The molecule has 3 nitrogen and oxygen atoms in total. The van der Waals surface area contributed by atoms with Gasteiger partial charge in [-0.2, -0.15) is 11.8 Å². The Labute approximate surface area is 109 Å². The standard InChI is InChI=1S/C13H26N2OS/c1-10(9-17-2)15-12-5-3-4-11(12)13-8-16-7-6-14-13/h10-15H,3-9H2,1-2H3. The van der Waals surface area contributed by atoms with Gasteiger partial charge in [-0.1, -0.05) is 6.42 Å². The van der Waals surface area contributed by atoms with E-state index < -0.39 is 0 Å². The third kappa shape index (κ3) is 3.85. The lowest BCUT2D eigenvalue weighted by Gasteiger charge is -2.34. The van der Waals surface area contributed by atoms with Crippen molar-refractivity contribution in [1.29, 1.82) is 0 Å². The molecule has 4 atom stereocenters. The van der Waals surface area contributed by atoms with E-state index in [1.165, 1.54) is 25.0 Å². The fraction of sp³-hybridized carbons (Fsp3) is 1.00. The molecule has 100 valence electrons. The Hall–Kier alpha value is 0.230. The highest BCUT2D eigenvalue weighted by atomic mass is 32.2. The lowest BCUT2D eigenvalue weighted by atomic mass is 9.93. The Morgan fingerprint density at radius 3 is 3.06 bits per heavy atom. The van der Waals surface area contributed by atoms with Crippen LogP contribution in [0.15, 0.2) is 0 Å². The van der Waals surface area contributed by atoms with Crippen molar-refractivity contribution in [2.45, 2.75) is 44.3 Å². The van der Waals surface area contributed by atoms with Crippen LogP contribution in [0.25, 0.3) is 0 Å². The summed E-state index contributed by atoms with van der Waals surface area (Å²) in [4.78, 5) is 0. The van der Waals surface area contributed by atoms with E-state index in [-0.39, 0.29) is 0 Å². The molecule has 2 N–H and O–H groups in total. The highest BCUT2D eigenvalue weighted by molar-refractivity contribution is 7.98. The Bertz CT molecular complexity index is 221. The van der Waals surface area contributed by atoms with Gasteiger partial charge in [0.25, 0.3) is 0 Å². The van der Waals surface area contributed by atoms with Crippen molar-refractivity contribution in [1.82, 2.24) is 10.6 Å². The Balaban J connectivity index is 1.83. The first-order chi connectivity index (χ1) is 8.31. The summed E-state index contributed by atoms with van der Waals surface area (Å²) in [6.07, 6.45) is 6.24. The molecule has 0 aromatic heterocycles. The summed E-state index contributed by atoms with van der Waals surface area (Å²) in [5, 5.41) is 7.44. The predicted molar refractivity (Wildman–Crippen MR) is 74.7 cm³/mol. The third-order valence-corrected chi connectivity index (χ3v) is 4.79. The molecule has 0 aromatic carbocycles. The molecule has 2 aliphatic rings. The zero-order valence-corrected chi connectivity index (χ0v) is 11.9. The van der Waals surface area contributed by atoms with Gasteiger partial charge in [-0.25, -0.2) is 0 Å². The third-order valence-electron chi connectivity index (χ3n) is 3.95. The maximum absolute atomic E-state index is 5.60. The van der Waals surface area contributed by atoms with Gasteiger partial charge < -0.3 is 15.4 Å².